The van der Waals surface area contributed by atoms with E-state index in [1.165, 1.54) is 18.2 Å². The van der Waals surface area contributed by atoms with Gasteiger partial charge in [0, 0.05) is 6.54 Å². The number of amides is 2. The van der Waals surface area contributed by atoms with E-state index < -0.39 is 17.7 Å². The highest BCUT2D eigenvalue weighted by molar-refractivity contribution is 5.95. The van der Waals surface area contributed by atoms with Crippen molar-refractivity contribution >= 4 is 11.8 Å². The summed E-state index contributed by atoms with van der Waals surface area (Å²) in [6.07, 6.45) is 0.973. The highest BCUT2D eigenvalue weighted by Crippen LogP contribution is 2.26. The number of likely N-dealkylation sites (N-methyl/N-ethyl adjacent to an activating group) is 1. The summed E-state index contributed by atoms with van der Waals surface area (Å²) in [7, 11) is 0. The van der Waals surface area contributed by atoms with Crippen molar-refractivity contribution in [3.8, 4) is 0 Å². The molecule has 2 rings (SSSR count). The molecule has 1 aliphatic heterocycles. The van der Waals surface area contributed by atoms with Crippen LogP contribution < -0.4 is 10.6 Å². The molecule has 0 saturated carbocycles. The third kappa shape index (κ3) is 3.50. The fourth-order valence-electron chi connectivity index (χ4n) is 2.76. The zero-order valence-electron chi connectivity index (χ0n) is 13.6. The molecule has 3 unspecified atom stereocenters. The van der Waals surface area contributed by atoms with Crippen LogP contribution in [0, 0.1) is 0 Å². The first-order chi connectivity index (χ1) is 10.9. The molecule has 1 saturated heterocycles. The van der Waals surface area contributed by atoms with Gasteiger partial charge in [-0.2, -0.15) is 4.98 Å². The van der Waals surface area contributed by atoms with Crippen molar-refractivity contribution in [2.45, 2.75) is 44.9 Å². The number of hydrogen-bond donors (Lipinski definition) is 3. The smallest absolute Gasteiger partial charge is 0.251 e. The lowest BCUT2D eigenvalue weighted by Crippen LogP contribution is -2.73. The van der Waals surface area contributed by atoms with Gasteiger partial charge in [0.15, 0.2) is 6.33 Å². The predicted octanol–water partition coefficient (Wildman–Crippen LogP) is -0.792. The summed E-state index contributed by atoms with van der Waals surface area (Å²) in [5.74, 6) is -0.342. The summed E-state index contributed by atoms with van der Waals surface area (Å²) in [4.78, 5) is 29.7. The maximum atomic E-state index is 12.3. The van der Waals surface area contributed by atoms with E-state index in [4.69, 9.17) is 4.52 Å². The molecule has 1 aliphatic rings. The standard InChI is InChI=1S/C14H23N5O4/c1-4-14(16-5-2)7-19(13(14)22)6-10(21)18-11(9(3)20)12-15-8-17-23-12/h8-9,11,16,20H,4-7H2,1-3H3,(H,18,21). The zero-order chi connectivity index (χ0) is 17.0. The van der Waals surface area contributed by atoms with E-state index in [2.05, 4.69) is 20.8 Å². The third-order valence-electron chi connectivity index (χ3n) is 4.05. The molecular weight excluding hydrogens is 302 g/mol. The van der Waals surface area contributed by atoms with Crippen molar-refractivity contribution in [1.82, 2.24) is 25.7 Å². The molecular formula is C14H23N5O4. The van der Waals surface area contributed by atoms with Gasteiger partial charge in [0.1, 0.15) is 11.6 Å². The van der Waals surface area contributed by atoms with E-state index in [1.54, 1.807) is 0 Å². The second-order valence-corrected chi connectivity index (χ2v) is 5.69. The van der Waals surface area contributed by atoms with Crippen LogP contribution in [0.5, 0.6) is 0 Å². The molecule has 0 spiro atoms. The molecule has 1 fully saturated rings. The number of nitrogens with one attached hydrogen (secondary N) is 2. The molecule has 1 aromatic rings. The number of aliphatic hydroxyl groups excluding tert-OH is 1. The van der Waals surface area contributed by atoms with Gasteiger partial charge < -0.3 is 25.2 Å². The number of aliphatic hydroxyl groups is 1. The highest BCUT2D eigenvalue weighted by atomic mass is 16.5. The number of rotatable bonds is 8. The maximum Gasteiger partial charge on any atom is 0.251 e. The van der Waals surface area contributed by atoms with Crippen molar-refractivity contribution in [3.63, 3.8) is 0 Å². The summed E-state index contributed by atoms with van der Waals surface area (Å²) in [6.45, 7) is 6.51. The van der Waals surface area contributed by atoms with Crippen LogP contribution in [0.1, 0.15) is 39.1 Å². The number of likely N-dealkylation sites (tertiary alicyclic amines) is 1. The van der Waals surface area contributed by atoms with E-state index in [-0.39, 0.29) is 24.2 Å². The van der Waals surface area contributed by atoms with Crippen molar-refractivity contribution in [3.05, 3.63) is 12.2 Å². The Hall–Kier alpha value is -2.00. The van der Waals surface area contributed by atoms with Gasteiger partial charge in [-0.3, -0.25) is 9.59 Å². The van der Waals surface area contributed by atoms with Crippen molar-refractivity contribution in [2.75, 3.05) is 19.6 Å². The molecule has 3 N–H and O–H groups in total. The summed E-state index contributed by atoms with van der Waals surface area (Å²) >= 11 is 0. The van der Waals surface area contributed by atoms with Gasteiger partial charge in [0.25, 0.3) is 5.89 Å². The van der Waals surface area contributed by atoms with E-state index in [0.717, 1.165) is 0 Å². The van der Waals surface area contributed by atoms with Gasteiger partial charge in [0.2, 0.25) is 11.8 Å². The van der Waals surface area contributed by atoms with Gasteiger partial charge >= 0.3 is 0 Å². The highest BCUT2D eigenvalue weighted by Gasteiger charge is 2.50. The number of hydrogen-bond acceptors (Lipinski definition) is 7. The lowest BCUT2D eigenvalue weighted by atomic mass is 9.85. The van der Waals surface area contributed by atoms with Crippen LogP contribution in [0.4, 0.5) is 0 Å². The number of aromatic nitrogens is 2. The van der Waals surface area contributed by atoms with Crippen molar-refractivity contribution < 1.29 is 19.2 Å². The molecule has 2 amide bonds. The van der Waals surface area contributed by atoms with Gasteiger partial charge in [-0.25, -0.2) is 0 Å². The minimum atomic E-state index is -0.900. The Morgan fingerprint density at radius 1 is 1.57 bits per heavy atom. The van der Waals surface area contributed by atoms with Crippen LogP contribution in [0.3, 0.4) is 0 Å². The Bertz CT molecular complexity index is 547. The molecule has 0 aliphatic carbocycles. The van der Waals surface area contributed by atoms with Gasteiger partial charge in [0.05, 0.1) is 12.6 Å². The summed E-state index contributed by atoms with van der Waals surface area (Å²) in [5.41, 5.74) is -0.550. The Morgan fingerprint density at radius 2 is 2.30 bits per heavy atom. The fourth-order valence-corrected chi connectivity index (χ4v) is 2.76. The van der Waals surface area contributed by atoms with Crippen LogP contribution in [-0.4, -0.2) is 63.2 Å². The molecule has 3 atom stereocenters. The van der Waals surface area contributed by atoms with E-state index in [9.17, 15) is 14.7 Å². The summed E-state index contributed by atoms with van der Waals surface area (Å²) < 4.78 is 4.88. The fraction of sp³-hybridized carbons (Fsp3) is 0.714. The first-order valence-electron chi connectivity index (χ1n) is 7.72. The van der Waals surface area contributed by atoms with E-state index in [0.29, 0.717) is 19.5 Å². The average molecular weight is 325 g/mol. The summed E-state index contributed by atoms with van der Waals surface area (Å²) in [6, 6.07) is -0.800. The minimum absolute atomic E-state index is 0.0661. The average Bonchev–Trinajstić information content (AvgIpc) is 3.04. The zero-order valence-corrected chi connectivity index (χ0v) is 13.6. The predicted molar refractivity (Wildman–Crippen MR) is 80.1 cm³/mol. The Balaban J connectivity index is 1.92. The van der Waals surface area contributed by atoms with E-state index >= 15 is 0 Å². The lowest BCUT2D eigenvalue weighted by Gasteiger charge is -2.48. The second-order valence-electron chi connectivity index (χ2n) is 5.69. The Labute approximate surface area is 134 Å². The van der Waals surface area contributed by atoms with Crippen LogP contribution in [0.2, 0.25) is 0 Å². The molecule has 9 nitrogen and oxygen atoms in total. The maximum absolute atomic E-state index is 12.3. The summed E-state index contributed by atoms with van der Waals surface area (Å²) in [5, 5.41) is 19.0. The molecule has 9 heteroatoms. The second kappa shape index (κ2) is 7.05. The lowest BCUT2D eigenvalue weighted by molar-refractivity contribution is -0.156. The number of nitrogens with zero attached hydrogens (tertiary/aromatic N) is 3. The topological polar surface area (TPSA) is 121 Å². The monoisotopic (exact) mass is 325 g/mol. The van der Waals surface area contributed by atoms with Gasteiger partial charge in [-0.1, -0.05) is 19.0 Å². The number of carbonyl (C=O) groups is 2. The molecule has 0 radical (unpaired) electrons. The molecule has 128 valence electrons. The Kier molecular flexibility index (Phi) is 5.32. The molecule has 23 heavy (non-hydrogen) atoms. The first-order valence-corrected chi connectivity index (χ1v) is 7.72. The van der Waals surface area contributed by atoms with Crippen molar-refractivity contribution in [1.29, 1.82) is 0 Å². The first kappa shape index (κ1) is 17.4. The minimum Gasteiger partial charge on any atom is -0.391 e. The molecule has 2 heterocycles. The van der Waals surface area contributed by atoms with Crippen LogP contribution in [0.25, 0.3) is 0 Å². The molecule has 1 aromatic heterocycles. The number of β-lactam (4-membered cyclic amide) rings is 1. The number of carbonyl (C=O) groups excluding carboxylic acids is 2. The Morgan fingerprint density at radius 3 is 2.78 bits per heavy atom. The normalized spacial score (nSPS) is 23.3. The van der Waals surface area contributed by atoms with E-state index in [1.807, 2.05) is 13.8 Å². The van der Waals surface area contributed by atoms with Gasteiger partial charge in [-0.15, -0.1) is 0 Å². The van der Waals surface area contributed by atoms with Gasteiger partial charge in [-0.05, 0) is 19.9 Å². The van der Waals surface area contributed by atoms with Crippen LogP contribution >= 0.6 is 0 Å². The van der Waals surface area contributed by atoms with Crippen LogP contribution in [0.15, 0.2) is 10.9 Å². The SMILES string of the molecule is CCNC1(CC)CN(CC(=O)NC(c2ncno2)C(C)O)C1=O. The van der Waals surface area contributed by atoms with Crippen LogP contribution in [-0.2, 0) is 9.59 Å². The quantitative estimate of drug-likeness (QED) is 0.536. The third-order valence-corrected chi connectivity index (χ3v) is 4.05. The van der Waals surface area contributed by atoms with Crippen molar-refractivity contribution in [2.24, 2.45) is 0 Å². The largest absolute Gasteiger partial charge is 0.391 e. The molecule has 0 bridgehead atoms. The molecule has 0 aromatic carbocycles.